The van der Waals surface area contributed by atoms with Gasteiger partial charge in [0.05, 0.1) is 37.5 Å². The molecule has 3 aromatic heterocycles. The number of aryl methyl sites for hydroxylation is 1. The van der Waals surface area contributed by atoms with Crippen LogP contribution in [-0.4, -0.2) is 63.9 Å². The molecule has 5 aromatic rings. The number of hydrogen-bond donors (Lipinski definition) is 2. The largest absolute Gasteiger partial charge is 0.493 e. The molecule has 0 atom stereocenters. The van der Waals surface area contributed by atoms with Crippen LogP contribution in [0.1, 0.15) is 11.3 Å². The van der Waals surface area contributed by atoms with Crippen LogP contribution in [0.4, 0.5) is 5.69 Å². The second-order valence-corrected chi connectivity index (χ2v) is 9.15. The van der Waals surface area contributed by atoms with Crippen molar-refractivity contribution in [3.8, 4) is 23.1 Å². The summed E-state index contributed by atoms with van der Waals surface area (Å²) in [5.74, 6) is 1.66. The number of methoxy groups -OCH3 is 2. The van der Waals surface area contributed by atoms with Crippen LogP contribution in [0.15, 0.2) is 49.1 Å². The lowest BCUT2D eigenvalue weighted by molar-refractivity contribution is -0.116. The van der Waals surface area contributed by atoms with Crippen molar-refractivity contribution in [3.05, 3.63) is 60.3 Å². The maximum absolute atomic E-state index is 12.8. The molecule has 0 aliphatic heterocycles. The van der Waals surface area contributed by atoms with E-state index in [1.165, 1.54) is 22.8 Å². The molecule has 38 heavy (non-hydrogen) atoms. The average Bonchev–Trinajstić information content (AvgIpc) is 3.46. The predicted molar refractivity (Wildman–Crippen MR) is 144 cm³/mol. The Hall–Kier alpha value is -4.64. The van der Waals surface area contributed by atoms with Crippen molar-refractivity contribution in [3.63, 3.8) is 0 Å². The first-order valence-corrected chi connectivity index (χ1v) is 12.0. The third-order valence-corrected chi connectivity index (χ3v) is 6.11. The van der Waals surface area contributed by atoms with Crippen LogP contribution in [0.25, 0.3) is 21.8 Å². The summed E-state index contributed by atoms with van der Waals surface area (Å²) in [5, 5.41) is 8.98. The van der Waals surface area contributed by atoms with E-state index in [2.05, 4.69) is 37.2 Å². The van der Waals surface area contributed by atoms with E-state index in [4.69, 9.17) is 14.2 Å². The van der Waals surface area contributed by atoms with E-state index in [-0.39, 0.29) is 12.5 Å². The van der Waals surface area contributed by atoms with Crippen molar-refractivity contribution in [2.75, 3.05) is 33.6 Å². The van der Waals surface area contributed by atoms with E-state index in [0.29, 0.717) is 34.0 Å². The number of hydrogen-bond acceptors (Lipinski definition) is 8. The van der Waals surface area contributed by atoms with E-state index >= 15 is 0 Å². The van der Waals surface area contributed by atoms with Gasteiger partial charge in [0, 0.05) is 34.9 Å². The van der Waals surface area contributed by atoms with Gasteiger partial charge in [-0.1, -0.05) is 0 Å². The number of nitrogens with zero attached hydrogens (tertiary/aromatic N) is 5. The Bertz CT molecular complexity index is 1620. The summed E-state index contributed by atoms with van der Waals surface area (Å²) in [7, 11) is 7.19. The first-order valence-electron chi connectivity index (χ1n) is 12.0. The first-order chi connectivity index (χ1) is 18.3. The van der Waals surface area contributed by atoms with Crippen LogP contribution < -0.4 is 19.5 Å². The zero-order chi connectivity index (χ0) is 26.8. The summed E-state index contributed by atoms with van der Waals surface area (Å²) in [6.07, 6.45) is 4.58. The Morgan fingerprint density at radius 1 is 1.08 bits per heavy atom. The van der Waals surface area contributed by atoms with Crippen LogP contribution >= 0.6 is 0 Å². The molecule has 11 heteroatoms. The molecule has 0 fully saturated rings. The molecule has 0 aliphatic rings. The van der Waals surface area contributed by atoms with E-state index in [0.717, 1.165) is 28.8 Å². The summed E-state index contributed by atoms with van der Waals surface area (Å²) in [4.78, 5) is 26.9. The molecule has 0 saturated carbocycles. The standard InChI is InChI=1S/C27H29N7O4/c1-16-21(13-33(2)3)19-8-17(6-7-22(19)31-16)32-26(35)14-34-12-18(11-30-34)38-27-20-9-24(36-4)25(37-5)10-23(20)28-15-29-27/h6-12,15,31H,13-14H2,1-5H3,(H,32,35). The van der Waals surface area contributed by atoms with E-state index < -0.39 is 0 Å². The van der Waals surface area contributed by atoms with Crippen molar-refractivity contribution in [2.24, 2.45) is 0 Å². The lowest BCUT2D eigenvalue weighted by Gasteiger charge is -2.11. The van der Waals surface area contributed by atoms with Gasteiger partial charge in [-0.25, -0.2) is 9.97 Å². The number of carbonyl (C=O) groups is 1. The highest BCUT2D eigenvalue weighted by Crippen LogP contribution is 2.35. The molecule has 3 heterocycles. The number of benzene rings is 2. The third-order valence-electron chi connectivity index (χ3n) is 6.11. The quantitative estimate of drug-likeness (QED) is 0.301. The second kappa shape index (κ2) is 10.4. The van der Waals surface area contributed by atoms with Crippen molar-refractivity contribution in [1.82, 2.24) is 29.6 Å². The van der Waals surface area contributed by atoms with E-state index in [1.807, 2.05) is 32.3 Å². The lowest BCUT2D eigenvalue weighted by Crippen LogP contribution is -2.19. The first kappa shape index (κ1) is 25.0. The number of H-pyrrole nitrogens is 1. The molecule has 11 nitrogen and oxygen atoms in total. The fourth-order valence-electron chi connectivity index (χ4n) is 4.36. The summed E-state index contributed by atoms with van der Waals surface area (Å²) >= 11 is 0. The van der Waals surface area contributed by atoms with Gasteiger partial charge in [0.2, 0.25) is 11.8 Å². The molecule has 0 aliphatic carbocycles. The third kappa shape index (κ3) is 5.09. The fraction of sp³-hybridized carbons (Fsp3) is 0.259. The minimum Gasteiger partial charge on any atom is -0.493 e. The summed E-state index contributed by atoms with van der Waals surface area (Å²) in [6.45, 7) is 2.89. The Morgan fingerprint density at radius 3 is 2.63 bits per heavy atom. The smallest absolute Gasteiger partial charge is 0.246 e. The number of aromatic nitrogens is 5. The molecule has 2 N–H and O–H groups in total. The zero-order valence-corrected chi connectivity index (χ0v) is 21.9. The van der Waals surface area contributed by atoms with Gasteiger partial charge in [0.25, 0.3) is 0 Å². The number of nitrogens with one attached hydrogen (secondary N) is 2. The Labute approximate surface area is 219 Å². The van der Waals surface area contributed by atoms with Crippen LogP contribution in [0, 0.1) is 6.92 Å². The average molecular weight is 516 g/mol. The molecule has 0 radical (unpaired) electrons. The number of aromatic amines is 1. The lowest BCUT2D eigenvalue weighted by atomic mass is 10.1. The zero-order valence-electron chi connectivity index (χ0n) is 21.9. The number of amides is 1. The van der Waals surface area contributed by atoms with Crippen LogP contribution in [-0.2, 0) is 17.9 Å². The van der Waals surface area contributed by atoms with Gasteiger partial charge >= 0.3 is 0 Å². The second-order valence-electron chi connectivity index (χ2n) is 9.15. The number of rotatable bonds is 9. The molecule has 196 valence electrons. The normalized spacial score (nSPS) is 11.3. The Kier molecular flexibility index (Phi) is 6.84. The number of fused-ring (bicyclic) bond motifs is 2. The molecule has 0 bridgehead atoms. The minimum atomic E-state index is -0.204. The highest BCUT2D eigenvalue weighted by Gasteiger charge is 2.15. The molecule has 0 saturated heterocycles. The maximum Gasteiger partial charge on any atom is 0.246 e. The highest BCUT2D eigenvalue weighted by atomic mass is 16.5. The molecule has 0 unspecified atom stereocenters. The van der Waals surface area contributed by atoms with E-state index in [1.54, 1.807) is 32.5 Å². The molecule has 0 spiro atoms. The van der Waals surface area contributed by atoms with Crippen molar-refractivity contribution in [2.45, 2.75) is 20.0 Å². The van der Waals surface area contributed by atoms with Crippen molar-refractivity contribution >= 4 is 33.4 Å². The summed E-state index contributed by atoms with van der Waals surface area (Å²) in [6, 6.07) is 9.38. The van der Waals surface area contributed by atoms with Crippen molar-refractivity contribution < 1.29 is 19.0 Å². The number of carbonyl (C=O) groups excluding carboxylic acids is 1. The predicted octanol–water partition coefficient (Wildman–Crippen LogP) is 4.13. The van der Waals surface area contributed by atoms with Crippen LogP contribution in [0.5, 0.6) is 23.1 Å². The number of ether oxygens (including phenoxy) is 3. The van der Waals surface area contributed by atoms with E-state index in [9.17, 15) is 4.79 Å². The van der Waals surface area contributed by atoms with Gasteiger partial charge in [-0.3, -0.25) is 9.48 Å². The summed E-state index contributed by atoms with van der Waals surface area (Å²) < 4.78 is 18.2. The number of anilines is 1. The SMILES string of the molecule is COc1cc2ncnc(Oc3cnn(CC(=O)Nc4ccc5[nH]c(C)c(CN(C)C)c5c4)c3)c2cc1OC. The molecule has 5 rings (SSSR count). The maximum atomic E-state index is 12.8. The Balaban J connectivity index is 1.29. The molecule has 2 aromatic carbocycles. The van der Waals surface area contributed by atoms with Crippen LogP contribution in [0.3, 0.4) is 0 Å². The molecular formula is C27H29N7O4. The molecule has 1 amide bonds. The highest BCUT2D eigenvalue weighted by molar-refractivity contribution is 5.95. The van der Waals surface area contributed by atoms with Gasteiger partial charge in [-0.05, 0) is 50.8 Å². The van der Waals surface area contributed by atoms with Gasteiger partial charge in [0.15, 0.2) is 17.2 Å². The van der Waals surface area contributed by atoms with Gasteiger partial charge in [-0.15, -0.1) is 0 Å². The fourth-order valence-corrected chi connectivity index (χ4v) is 4.36. The summed E-state index contributed by atoms with van der Waals surface area (Å²) in [5.41, 5.74) is 4.74. The topological polar surface area (TPSA) is 119 Å². The van der Waals surface area contributed by atoms with Gasteiger partial charge < -0.3 is 29.4 Å². The van der Waals surface area contributed by atoms with Crippen LogP contribution in [0.2, 0.25) is 0 Å². The monoisotopic (exact) mass is 515 g/mol. The molecular weight excluding hydrogens is 486 g/mol. The van der Waals surface area contributed by atoms with Crippen molar-refractivity contribution in [1.29, 1.82) is 0 Å². The van der Waals surface area contributed by atoms with Gasteiger partial charge in [-0.2, -0.15) is 5.10 Å². The van der Waals surface area contributed by atoms with Gasteiger partial charge in [0.1, 0.15) is 12.9 Å². The minimum absolute atomic E-state index is 0.0215. The Morgan fingerprint density at radius 2 is 1.87 bits per heavy atom.